The molecular formula is C12H19FN2O2S. The Morgan fingerprint density at radius 1 is 1.28 bits per heavy atom. The average molecular weight is 274 g/mol. The van der Waals surface area contributed by atoms with Crippen LogP contribution < -0.4 is 10.5 Å². The number of benzene rings is 1. The van der Waals surface area contributed by atoms with Gasteiger partial charge in [0.2, 0.25) is 10.0 Å². The largest absolute Gasteiger partial charge is 0.327 e. The molecule has 0 aromatic heterocycles. The van der Waals surface area contributed by atoms with E-state index in [1.807, 2.05) is 13.8 Å². The number of sulfonamides is 1. The molecule has 0 saturated heterocycles. The van der Waals surface area contributed by atoms with E-state index in [-0.39, 0.29) is 17.5 Å². The fourth-order valence-corrected chi connectivity index (χ4v) is 2.70. The van der Waals surface area contributed by atoms with Crippen LogP contribution in [0.1, 0.15) is 20.3 Å². The first-order valence-corrected chi connectivity index (χ1v) is 7.30. The van der Waals surface area contributed by atoms with Crippen LogP contribution in [0.15, 0.2) is 29.2 Å². The SMILES string of the molecule is CC(C)CC(N)CNS(=O)(=O)c1ccc(F)cc1. The maximum absolute atomic E-state index is 12.7. The van der Waals surface area contributed by atoms with Crippen LogP contribution in [-0.4, -0.2) is 21.0 Å². The van der Waals surface area contributed by atoms with Gasteiger partial charge >= 0.3 is 0 Å². The first kappa shape index (κ1) is 15.1. The smallest absolute Gasteiger partial charge is 0.240 e. The summed E-state index contributed by atoms with van der Waals surface area (Å²) in [5.74, 6) is -0.0548. The zero-order valence-corrected chi connectivity index (χ0v) is 11.4. The van der Waals surface area contributed by atoms with Gasteiger partial charge in [-0.25, -0.2) is 17.5 Å². The van der Waals surface area contributed by atoms with Crippen molar-refractivity contribution in [3.63, 3.8) is 0 Å². The highest BCUT2D eigenvalue weighted by molar-refractivity contribution is 7.89. The fraction of sp³-hybridized carbons (Fsp3) is 0.500. The van der Waals surface area contributed by atoms with Gasteiger partial charge in [-0.05, 0) is 36.6 Å². The van der Waals surface area contributed by atoms with E-state index in [1.165, 1.54) is 12.1 Å². The summed E-state index contributed by atoms with van der Waals surface area (Å²) in [6.45, 7) is 4.22. The highest BCUT2D eigenvalue weighted by Crippen LogP contribution is 2.10. The van der Waals surface area contributed by atoms with Crippen molar-refractivity contribution in [2.75, 3.05) is 6.54 Å². The first-order chi connectivity index (χ1) is 8.31. The second-order valence-corrected chi connectivity index (χ2v) is 6.46. The first-order valence-electron chi connectivity index (χ1n) is 5.82. The molecule has 102 valence electrons. The van der Waals surface area contributed by atoms with E-state index in [2.05, 4.69) is 4.72 Å². The Kier molecular flexibility index (Phi) is 5.25. The normalized spacial score (nSPS) is 13.8. The molecule has 18 heavy (non-hydrogen) atoms. The van der Waals surface area contributed by atoms with Crippen LogP contribution in [0.4, 0.5) is 4.39 Å². The number of nitrogens with one attached hydrogen (secondary N) is 1. The highest BCUT2D eigenvalue weighted by Gasteiger charge is 2.15. The van der Waals surface area contributed by atoms with E-state index in [4.69, 9.17) is 5.73 Å². The zero-order valence-electron chi connectivity index (χ0n) is 10.6. The van der Waals surface area contributed by atoms with E-state index >= 15 is 0 Å². The van der Waals surface area contributed by atoms with E-state index in [1.54, 1.807) is 0 Å². The number of halogens is 1. The molecular weight excluding hydrogens is 255 g/mol. The predicted octanol–water partition coefficient (Wildman–Crippen LogP) is 1.48. The number of nitrogens with two attached hydrogens (primary N) is 1. The van der Waals surface area contributed by atoms with Crippen molar-refractivity contribution in [2.45, 2.75) is 31.2 Å². The minimum absolute atomic E-state index is 0.0423. The molecule has 0 radical (unpaired) electrons. The van der Waals surface area contributed by atoms with Gasteiger partial charge in [0.05, 0.1) is 4.90 Å². The minimum atomic E-state index is -3.60. The molecule has 1 atom stereocenters. The van der Waals surface area contributed by atoms with Crippen molar-refractivity contribution in [1.29, 1.82) is 0 Å². The summed E-state index contributed by atoms with van der Waals surface area (Å²) >= 11 is 0. The molecule has 0 bridgehead atoms. The Morgan fingerprint density at radius 3 is 2.33 bits per heavy atom. The van der Waals surface area contributed by atoms with Gasteiger partial charge in [-0.3, -0.25) is 0 Å². The molecule has 0 heterocycles. The van der Waals surface area contributed by atoms with Gasteiger partial charge < -0.3 is 5.73 Å². The summed E-state index contributed by atoms with van der Waals surface area (Å²) in [6, 6.07) is 4.46. The van der Waals surface area contributed by atoms with Crippen molar-refractivity contribution in [3.8, 4) is 0 Å². The van der Waals surface area contributed by atoms with Crippen molar-refractivity contribution >= 4 is 10.0 Å². The Bertz CT molecular complexity index is 471. The summed E-state index contributed by atoms with van der Waals surface area (Å²) in [4.78, 5) is 0.0423. The lowest BCUT2D eigenvalue weighted by Crippen LogP contribution is -2.37. The van der Waals surface area contributed by atoms with Crippen LogP contribution in [0.5, 0.6) is 0 Å². The monoisotopic (exact) mass is 274 g/mol. The molecule has 4 nitrogen and oxygen atoms in total. The molecule has 0 aliphatic heterocycles. The van der Waals surface area contributed by atoms with Crippen LogP contribution in [-0.2, 0) is 10.0 Å². The molecule has 1 aromatic carbocycles. The number of hydrogen-bond donors (Lipinski definition) is 2. The van der Waals surface area contributed by atoms with Crippen LogP contribution in [0.2, 0.25) is 0 Å². The van der Waals surface area contributed by atoms with E-state index in [9.17, 15) is 12.8 Å². The van der Waals surface area contributed by atoms with Gasteiger partial charge in [0.15, 0.2) is 0 Å². The second kappa shape index (κ2) is 6.26. The van der Waals surface area contributed by atoms with Crippen LogP contribution >= 0.6 is 0 Å². The Morgan fingerprint density at radius 2 is 1.83 bits per heavy atom. The van der Waals surface area contributed by atoms with E-state index < -0.39 is 15.8 Å². The molecule has 0 aliphatic carbocycles. The number of hydrogen-bond acceptors (Lipinski definition) is 3. The van der Waals surface area contributed by atoms with Crippen LogP contribution in [0.25, 0.3) is 0 Å². The fourth-order valence-electron chi connectivity index (χ4n) is 1.60. The van der Waals surface area contributed by atoms with Gasteiger partial charge in [-0.15, -0.1) is 0 Å². The summed E-state index contributed by atoms with van der Waals surface area (Å²) in [6.07, 6.45) is 0.742. The maximum atomic E-state index is 12.7. The Balaban J connectivity index is 2.63. The summed E-state index contributed by atoms with van der Waals surface area (Å²) in [7, 11) is -3.60. The Labute approximate surface area is 107 Å². The topological polar surface area (TPSA) is 72.2 Å². The molecule has 1 rings (SSSR count). The molecule has 1 aromatic rings. The molecule has 0 aliphatic rings. The quantitative estimate of drug-likeness (QED) is 0.825. The molecule has 0 amide bonds. The van der Waals surface area contributed by atoms with Gasteiger partial charge in [0.1, 0.15) is 5.82 Å². The van der Waals surface area contributed by atoms with Crippen molar-refractivity contribution in [3.05, 3.63) is 30.1 Å². The lowest BCUT2D eigenvalue weighted by molar-refractivity contribution is 0.486. The van der Waals surface area contributed by atoms with Gasteiger partial charge in [-0.1, -0.05) is 13.8 Å². The lowest BCUT2D eigenvalue weighted by Gasteiger charge is -2.15. The lowest BCUT2D eigenvalue weighted by atomic mass is 10.1. The second-order valence-electron chi connectivity index (χ2n) is 4.70. The third-order valence-electron chi connectivity index (χ3n) is 2.43. The van der Waals surface area contributed by atoms with Crippen molar-refractivity contribution in [2.24, 2.45) is 11.7 Å². The highest BCUT2D eigenvalue weighted by atomic mass is 32.2. The molecule has 0 spiro atoms. The summed E-state index contributed by atoms with van der Waals surface area (Å²) in [5.41, 5.74) is 5.80. The predicted molar refractivity (Wildman–Crippen MR) is 69.0 cm³/mol. The number of rotatable bonds is 6. The maximum Gasteiger partial charge on any atom is 0.240 e. The summed E-state index contributed by atoms with van der Waals surface area (Å²) < 4.78 is 38.8. The van der Waals surface area contributed by atoms with Gasteiger partial charge in [0.25, 0.3) is 0 Å². The standard InChI is InChI=1S/C12H19FN2O2S/c1-9(2)7-11(14)8-15-18(16,17)12-5-3-10(13)4-6-12/h3-6,9,11,15H,7-8,14H2,1-2H3. The van der Waals surface area contributed by atoms with E-state index in [0.717, 1.165) is 18.6 Å². The van der Waals surface area contributed by atoms with Crippen molar-refractivity contribution < 1.29 is 12.8 Å². The van der Waals surface area contributed by atoms with Gasteiger partial charge in [0, 0.05) is 12.6 Å². The minimum Gasteiger partial charge on any atom is -0.327 e. The Hall–Kier alpha value is -0.980. The van der Waals surface area contributed by atoms with E-state index in [0.29, 0.717) is 5.92 Å². The summed E-state index contributed by atoms with van der Waals surface area (Å²) in [5, 5.41) is 0. The zero-order chi connectivity index (χ0) is 13.8. The van der Waals surface area contributed by atoms with Crippen LogP contribution in [0.3, 0.4) is 0 Å². The third-order valence-corrected chi connectivity index (χ3v) is 3.87. The molecule has 6 heteroatoms. The molecule has 0 saturated carbocycles. The molecule has 0 fully saturated rings. The third kappa shape index (κ3) is 4.72. The average Bonchev–Trinajstić information content (AvgIpc) is 2.26. The molecule has 1 unspecified atom stereocenters. The van der Waals surface area contributed by atoms with Gasteiger partial charge in [-0.2, -0.15) is 0 Å². The van der Waals surface area contributed by atoms with Crippen molar-refractivity contribution in [1.82, 2.24) is 4.72 Å². The van der Waals surface area contributed by atoms with Crippen LogP contribution in [0, 0.1) is 11.7 Å². The molecule has 3 N–H and O–H groups in total.